The van der Waals surface area contributed by atoms with Gasteiger partial charge in [-0.1, -0.05) is 85.1 Å². The third kappa shape index (κ3) is 6.44. The van der Waals surface area contributed by atoms with E-state index in [1.54, 1.807) is 0 Å². The summed E-state index contributed by atoms with van der Waals surface area (Å²) in [7, 11) is 0.248. The Kier molecular flexibility index (Phi) is 8.10. The molecular weight excluding hydrogens is 266 g/mol. The molecule has 0 rings (SSSR count). The molecule has 0 amide bonds. The van der Waals surface area contributed by atoms with Crippen molar-refractivity contribution in [3.63, 3.8) is 0 Å². The van der Waals surface area contributed by atoms with Crippen LogP contribution >= 0.6 is 15.8 Å². The van der Waals surface area contributed by atoms with Crippen molar-refractivity contribution in [2.24, 2.45) is 0 Å². The Hall–Kier alpha value is 0.860. The predicted octanol–water partition coefficient (Wildman–Crippen LogP) is 7.10. The summed E-state index contributed by atoms with van der Waals surface area (Å²) in [4.78, 5) is 0. The van der Waals surface area contributed by atoms with Crippen molar-refractivity contribution in [2.45, 2.75) is 104 Å². The van der Waals surface area contributed by atoms with Crippen molar-refractivity contribution in [2.75, 3.05) is 5.90 Å². The molecule has 0 N–H and O–H groups in total. The van der Waals surface area contributed by atoms with Crippen molar-refractivity contribution < 1.29 is 0 Å². The molecule has 0 nitrogen and oxygen atoms in total. The molecule has 2 heteroatoms. The van der Waals surface area contributed by atoms with Crippen LogP contribution in [0.5, 0.6) is 0 Å². The van der Waals surface area contributed by atoms with Gasteiger partial charge in [-0.25, -0.2) is 0 Å². The Morgan fingerprint density at radius 2 is 0.947 bits per heavy atom. The summed E-state index contributed by atoms with van der Waals surface area (Å²) in [6.07, 6.45) is 2.69. The highest BCUT2D eigenvalue weighted by Crippen LogP contribution is 2.67. The summed E-state index contributed by atoms with van der Waals surface area (Å²) < 4.78 is 0. The average Bonchev–Trinajstić information content (AvgIpc) is 2.24. The van der Waals surface area contributed by atoms with Crippen LogP contribution in [0.2, 0.25) is 0 Å². The quantitative estimate of drug-likeness (QED) is 0.459. The lowest BCUT2D eigenvalue weighted by Gasteiger charge is -2.44. The largest absolute Gasteiger partial charge is 0.0938 e. The Morgan fingerprint density at radius 3 is 1.11 bits per heavy atom. The van der Waals surface area contributed by atoms with Crippen molar-refractivity contribution >= 4 is 15.8 Å². The van der Waals surface area contributed by atoms with Crippen LogP contribution in [0.25, 0.3) is 0 Å². The first-order chi connectivity index (χ1) is 8.45. The molecule has 0 saturated heterocycles. The molecule has 0 radical (unpaired) electrons. The molecule has 116 valence electrons. The smallest absolute Gasteiger partial charge is 0.0106 e. The zero-order valence-corrected chi connectivity index (χ0v) is 17.0. The molecule has 4 atom stereocenters. The molecule has 0 aliphatic carbocycles. The highest BCUT2D eigenvalue weighted by atomic mass is 31.2. The highest BCUT2D eigenvalue weighted by Gasteiger charge is 2.36. The summed E-state index contributed by atoms with van der Waals surface area (Å²) in [5, 5.41) is 1.01. The predicted molar refractivity (Wildman–Crippen MR) is 97.7 cm³/mol. The maximum absolute atomic E-state index is 2.49. The van der Waals surface area contributed by atoms with Crippen LogP contribution in [-0.2, 0) is 0 Å². The summed E-state index contributed by atoms with van der Waals surface area (Å²) in [5.74, 6) is 1.52. The van der Waals surface area contributed by atoms with Crippen molar-refractivity contribution in [3.8, 4) is 0 Å². The molecule has 19 heavy (non-hydrogen) atoms. The van der Waals surface area contributed by atoms with E-state index in [0.717, 1.165) is 11.3 Å². The second kappa shape index (κ2) is 7.75. The molecular formula is C17H38P2. The molecule has 0 aliphatic rings. The molecule has 0 aliphatic heterocycles. The number of hydrogen-bond acceptors (Lipinski definition) is 0. The van der Waals surface area contributed by atoms with E-state index in [1.807, 2.05) is 0 Å². The van der Waals surface area contributed by atoms with E-state index in [0.29, 0.717) is 10.3 Å². The molecule has 0 heterocycles. The van der Waals surface area contributed by atoms with Gasteiger partial charge < -0.3 is 0 Å². The van der Waals surface area contributed by atoms with E-state index in [2.05, 4.69) is 69.2 Å². The standard InChI is InChI=1S/C17H38P2/c1-11-14(3)18(16(5,6)7)13-19(15(4)12-2)17(8,9)10/h14-15H,11-13H2,1-10H3. The normalized spacial score (nSPS) is 19.9. The van der Waals surface area contributed by atoms with Gasteiger partial charge in [0.25, 0.3) is 0 Å². The molecule has 0 saturated carbocycles. The second-order valence-electron chi connectivity index (χ2n) is 7.94. The number of rotatable bonds is 6. The first kappa shape index (κ1) is 19.9. The van der Waals surface area contributed by atoms with E-state index >= 15 is 0 Å². The first-order valence-electron chi connectivity index (χ1n) is 7.98. The average molecular weight is 304 g/mol. The van der Waals surface area contributed by atoms with E-state index < -0.39 is 0 Å². The van der Waals surface area contributed by atoms with E-state index in [4.69, 9.17) is 0 Å². The fourth-order valence-corrected chi connectivity index (χ4v) is 13.1. The van der Waals surface area contributed by atoms with Crippen molar-refractivity contribution in [1.29, 1.82) is 0 Å². The van der Waals surface area contributed by atoms with Gasteiger partial charge in [0.05, 0.1) is 0 Å². The molecule has 0 spiro atoms. The van der Waals surface area contributed by atoms with Gasteiger partial charge in [0, 0.05) is 0 Å². The number of hydrogen-bond donors (Lipinski definition) is 0. The van der Waals surface area contributed by atoms with Gasteiger partial charge in [-0.15, -0.1) is 0 Å². The third-order valence-corrected chi connectivity index (χ3v) is 13.0. The van der Waals surface area contributed by atoms with E-state index in [9.17, 15) is 0 Å². The van der Waals surface area contributed by atoms with Crippen molar-refractivity contribution in [3.05, 3.63) is 0 Å². The minimum atomic E-state index is 0.124. The second-order valence-corrected chi connectivity index (χ2v) is 15.4. The lowest BCUT2D eigenvalue weighted by atomic mass is 10.3. The van der Waals surface area contributed by atoms with Gasteiger partial charge in [0.1, 0.15) is 0 Å². The van der Waals surface area contributed by atoms with Crippen LogP contribution in [0, 0.1) is 0 Å². The lowest BCUT2D eigenvalue weighted by molar-refractivity contribution is 0.742. The fraction of sp³-hybridized carbons (Fsp3) is 1.00. The fourth-order valence-electron chi connectivity index (χ4n) is 2.63. The molecule has 4 unspecified atom stereocenters. The molecule has 0 bridgehead atoms. The Balaban J connectivity index is 5.16. The zero-order chi connectivity index (χ0) is 15.4. The Bertz CT molecular complexity index is 221. The SMILES string of the molecule is CCC(C)P(CP(C(C)CC)C(C)(C)C)C(C)(C)C. The van der Waals surface area contributed by atoms with Gasteiger partial charge >= 0.3 is 0 Å². The highest BCUT2D eigenvalue weighted by molar-refractivity contribution is 7.76. The lowest BCUT2D eigenvalue weighted by Crippen LogP contribution is -2.25. The molecule has 0 aromatic rings. The first-order valence-corrected chi connectivity index (χ1v) is 11.2. The topological polar surface area (TPSA) is 0 Å². The van der Waals surface area contributed by atoms with Gasteiger partial charge in [0.2, 0.25) is 0 Å². The van der Waals surface area contributed by atoms with Gasteiger partial charge in [-0.2, -0.15) is 0 Å². The van der Waals surface area contributed by atoms with Crippen LogP contribution in [0.3, 0.4) is 0 Å². The maximum Gasteiger partial charge on any atom is -0.0106 e. The van der Waals surface area contributed by atoms with E-state index in [1.165, 1.54) is 18.7 Å². The van der Waals surface area contributed by atoms with Crippen LogP contribution in [-0.4, -0.2) is 27.5 Å². The Morgan fingerprint density at radius 1 is 0.684 bits per heavy atom. The van der Waals surface area contributed by atoms with Crippen molar-refractivity contribution in [1.82, 2.24) is 0 Å². The summed E-state index contributed by atoms with van der Waals surface area (Å²) in [5.41, 5.74) is 1.82. The minimum Gasteiger partial charge on any atom is -0.0938 e. The molecule has 0 aromatic carbocycles. The summed E-state index contributed by atoms with van der Waals surface area (Å²) in [6, 6.07) is 0. The van der Waals surface area contributed by atoms with Crippen LogP contribution in [0.4, 0.5) is 0 Å². The monoisotopic (exact) mass is 304 g/mol. The van der Waals surface area contributed by atoms with Gasteiger partial charge in [-0.3, -0.25) is 0 Å². The zero-order valence-electron chi connectivity index (χ0n) is 15.2. The van der Waals surface area contributed by atoms with Crippen LogP contribution < -0.4 is 0 Å². The summed E-state index contributed by atoms with van der Waals surface area (Å²) >= 11 is 0. The maximum atomic E-state index is 2.49. The van der Waals surface area contributed by atoms with Gasteiger partial charge in [0.15, 0.2) is 0 Å². The van der Waals surface area contributed by atoms with E-state index in [-0.39, 0.29) is 15.8 Å². The van der Waals surface area contributed by atoms with Gasteiger partial charge in [-0.05, 0) is 40.4 Å². The summed E-state index contributed by atoms with van der Waals surface area (Å²) in [6.45, 7) is 24.5. The van der Waals surface area contributed by atoms with Crippen LogP contribution in [0.15, 0.2) is 0 Å². The molecule has 0 fully saturated rings. The molecule has 0 aromatic heterocycles. The third-order valence-electron chi connectivity index (χ3n) is 4.27. The van der Waals surface area contributed by atoms with Crippen LogP contribution in [0.1, 0.15) is 82.1 Å². The minimum absolute atomic E-state index is 0.124. The Labute approximate surface area is 126 Å².